The fourth-order valence-corrected chi connectivity index (χ4v) is 2.60. The molecule has 2 unspecified atom stereocenters. The molecule has 4 nitrogen and oxygen atoms in total. The monoisotopic (exact) mass is 326 g/mol. The number of piperazine rings is 1. The van der Waals surface area contributed by atoms with E-state index in [4.69, 9.17) is 4.74 Å². The highest BCUT2D eigenvalue weighted by atomic mass is 35.5. The molecule has 2 atom stereocenters. The van der Waals surface area contributed by atoms with Crippen molar-refractivity contribution in [2.24, 2.45) is 0 Å². The van der Waals surface area contributed by atoms with E-state index in [1.54, 1.807) is 0 Å². The van der Waals surface area contributed by atoms with Crippen molar-refractivity contribution < 1.29 is 9.53 Å². The first-order valence-electron chi connectivity index (χ1n) is 7.74. The Morgan fingerprint density at radius 2 is 2.14 bits per heavy atom. The molecule has 1 fully saturated rings. The lowest BCUT2D eigenvalue weighted by molar-refractivity contribution is -0.137. The summed E-state index contributed by atoms with van der Waals surface area (Å²) in [5.41, 5.74) is 1.23. The Balaban J connectivity index is 0.00000242. The summed E-state index contributed by atoms with van der Waals surface area (Å²) in [4.78, 5) is 14.2. The highest BCUT2D eigenvalue weighted by Crippen LogP contribution is 2.20. The minimum atomic E-state index is 0. The number of benzene rings is 1. The normalized spacial score (nSPS) is 21.4. The molecular formula is C17H27ClN2O2. The predicted octanol–water partition coefficient (Wildman–Crippen LogP) is 2.82. The van der Waals surface area contributed by atoms with Crippen LogP contribution in [-0.2, 0) is 4.79 Å². The summed E-state index contributed by atoms with van der Waals surface area (Å²) < 4.78 is 5.68. The first-order valence-corrected chi connectivity index (χ1v) is 7.74. The van der Waals surface area contributed by atoms with E-state index in [0.717, 1.165) is 18.8 Å². The van der Waals surface area contributed by atoms with Gasteiger partial charge < -0.3 is 15.0 Å². The van der Waals surface area contributed by atoms with Gasteiger partial charge in [-0.1, -0.05) is 26.0 Å². The molecule has 0 radical (unpaired) electrons. The van der Waals surface area contributed by atoms with Crippen molar-refractivity contribution in [3.63, 3.8) is 0 Å². The molecule has 1 aromatic carbocycles. The van der Waals surface area contributed by atoms with Gasteiger partial charge in [0.15, 0.2) is 6.61 Å². The molecule has 0 saturated carbocycles. The molecule has 0 aromatic heterocycles. The molecule has 1 aliphatic rings. The zero-order valence-corrected chi connectivity index (χ0v) is 14.7. The number of nitrogens with zero attached hydrogens (tertiary/aromatic N) is 1. The molecule has 0 spiro atoms. The zero-order valence-electron chi connectivity index (χ0n) is 13.8. The standard InChI is InChI=1S/C17H26N2O2.ClH/c1-12(2)15-6-5-7-16(10-15)21-11-17(20)19-9-8-18-13(3)14(19)4;/h5-7,10,12-14,18H,8-9,11H2,1-4H3;1H. The molecule has 22 heavy (non-hydrogen) atoms. The number of nitrogens with one attached hydrogen (secondary N) is 1. The van der Waals surface area contributed by atoms with Gasteiger partial charge in [0.25, 0.3) is 5.91 Å². The highest BCUT2D eigenvalue weighted by Gasteiger charge is 2.28. The number of hydrogen-bond acceptors (Lipinski definition) is 3. The van der Waals surface area contributed by atoms with E-state index in [2.05, 4.69) is 39.1 Å². The number of carbonyl (C=O) groups excluding carboxylic acids is 1. The predicted molar refractivity (Wildman–Crippen MR) is 91.9 cm³/mol. The van der Waals surface area contributed by atoms with E-state index in [1.165, 1.54) is 5.56 Å². The Morgan fingerprint density at radius 3 is 2.82 bits per heavy atom. The molecule has 1 aromatic rings. The third-order valence-corrected chi connectivity index (χ3v) is 4.24. The number of rotatable bonds is 4. The smallest absolute Gasteiger partial charge is 0.260 e. The van der Waals surface area contributed by atoms with Crippen LogP contribution in [0.25, 0.3) is 0 Å². The van der Waals surface area contributed by atoms with Gasteiger partial charge in [-0.15, -0.1) is 12.4 Å². The summed E-state index contributed by atoms with van der Waals surface area (Å²) in [5, 5.41) is 3.38. The van der Waals surface area contributed by atoms with Gasteiger partial charge in [0, 0.05) is 25.2 Å². The maximum absolute atomic E-state index is 12.3. The second kappa shape index (κ2) is 8.39. The van der Waals surface area contributed by atoms with Crippen molar-refractivity contribution in [3.8, 4) is 5.75 Å². The first kappa shape index (κ1) is 18.8. The van der Waals surface area contributed by atoms with E-state index in [0.29, 0.717) is 12.0 Å². The maximum atomic E-state index is 12.3. The van der Waals surface area contributed by atoms with E-state index in [9.17, 15) is 4.79 Å². The van der Waals surface area contributed by atoms with Gasteiger partial charge in [-0.3, -0.25) is 4.79 Å². The minimum Gasteiger partial charge on any atom is -0.484 e. The minimum absolute atomic E-state index is 0. The lowest BCUT2D eigenvalue weighted by atomic mass is 10.0. The fraction of sp³-hybridized carbons (Fsp3) is 0.588. The molecule has 0 bridgehead atoms. The molecule has 1 aliphatic heterocycles. The average molecular weight is 327 g/mol. The summed E-state index contributed by atoms with van der Waals surface area (Å²) in [5.74, 6) is 1.29. The molecule has 2 rings (SSSR count). The van der Waals surface area contributed by atoms with Crippen LogP contribution in [-0.4, -0.2) is 42.6 Å². The van der Waals surface area contributed by atoms with Crippen LogP contribution in [0.4, 0.5) is 0 Å². The van der Waals surface area contributed by atoms with Crippen molar-refractivity contribution in [3.05, 3.63) is 29.8 Å². The number of carbonyl (C=O) groups is 1. The van der Waals surface area contributed by atoms with Crippen LogP contribution in [0.15, 0.2) is 24.3 Å². The largest absolute Gasteiger partial charge is 0.484 e. The number of ether oxygens (including phenoxy) is 1. The van der Waals surface area contributed by atoms with Gasteiger partial charge in [0.2, 0.25) is 0 Å². The Kier molecular flexibility index (Phi) is 7.17. The van der Waals surface area contributed by atoms with Crippen LogP contribution in [0.3, 0.4) is 0 Å². The van der Waals surface area contributed by atoms with Crippen LogP contribution >= 0.6 is 12.4 Å². The van der Waals surface area contributed by atoms with Gasteiger partial charge >= 0.3 is 0 Å². The summed E-state index contributed by atoms with van der Waals surface area (Å²) in [7, 11) is 0. The molecule has 0 aliphatic carbocycles. The second-order valence-electron chi connectivity index (χ2n) is 6.09. The Bertz CT molecular complexity index is 493. The van der Waals surface area contributed by atoms with Crippen LogP contribution < -0.4 is 10.1 Å². The van der Waals surface area contributed by atoms with E-state index in [1.807, 2.05) is 23.1 Å². The van der Waals surface area contributed by atoms with Gasteiger partial charge in [-0.2, -0.15) is 0 Å². The molecule has 124 valence electrons. The average Bonchev–Trinajstić information content (AvgIpc) is 2.48. The summed E-state index contributed by atoms with van der Waals surface area (Å²) >= 11 is 0. The van der Waals surface area contributed by atoms with Crippen LogP contribution in [0.5, 0.6) is 5.75 Å². The molecule has 1 N–H and O–H groups in total. The Labute approximate surface area is 139 Å². The molecular weight excluding hydrogens is 300 g/mol. The fourth-order valence-electron chi connectivity index (χ4n) is 2.60. The van der Waals surface area contributed by atoms with Crippen molar-refractivity contribution in [2.75, 3.05) is 19.7 Å². The molecule has 1 amide bonds. The zero-order chi connectivity index (χ0) is 15.4. The Hall–Kier alpha value is -1.26. The van der Waals surface area contributed by atoms with Crippen LogP contribution in [0.2, 0.25) is 0 Å². The van der Waals surface area contributed by atoms with Crippen molar-refractivity contribution in [2.45, 2.75) is 45.7 Å². The van der Waals surface area contributed by atoms with Crippen LogP contribution in [0, 0.1) is 0 Å². The summed E-state index contributed by atoms with van der Waals surface area (Å²) in [6, 6.07) is 8.51. The van der Waals surface area contributed by atoms with E-state index >= 15 is 0 Å². The van der Waals surface area contributed by atoms with Gasteiger partial charge in [0.05, 0.1) is 0 Å². The summed E-state index contributed by atoms with van der Waals surface area (Å²) in [6.45, 7) is 10.2. The number of hydrogen-bond donors (Lipinski definition) is 1. The van der Waals surface area contributed by atoms with Gasteiger partial charge in [-0.25, -0.2) is 0 Å². The third kappa shape index (κ3) is 4.62. The van der Waals surface area contributed by atoms with Gasteiger partial charge in [0.1, 0.15) is 5.75 Å². The Morgan fingerprint density at radius 1 is 1.41 bits per heavy atom. The molecule has 1 heterocycles. The van der Waals surface area contributed by atoms with E-state index < -0.39 is 0 Å². The molecule has 5 heteroatoms. The number of halogens is 1. The topological polar surface area (TPSA) is 41.6 Å². The third-order valence-electron chi connectivity index (χ3n) is 4.24. The van der Waals surface area contributed by atoms with E-state index in [-0.39, 0.29) is 31.0 Å². The van der Waals surface area contributed by atoms with Crippen molar-refractivity contribution >= 4 is 18.3 Å². The van der Waals surface area contributed by atoms with Crippen molar-refractivity contribution in [1.82, 2.24) is 10.2 Å². The first-order chi connectivity index (χ1) is 9.99. The molecule has 1 saturated heterocycles. The van der Waals surface area contributed by atoms with Gasteiger partial charge in [-0.05, 0) is 37.5 Å². The quantitative estimate of drug-likeness (QED) is 0.925. The highest BCUT2D eigenvalue weighted by molar-refractivity contribution is 5.85. The second-order valence-corrected chi connectivity index (χ2v) is 6.09. The lowest BCUT2D eigenvalue weighted by Gasteiger charge is -2.38. The SMILES string of the molecule is CC(C)c1cccc(OCC(=O)N2CCNC(C)C2C)c1.Cl. The van der Waals surface area contributed by atoms with Crippen LogP contribution in [0.1, 0.15) is 39.2 Å². The lowest BCUT2D eigenvalue weighted by Crippen LogP contribution is -2.58. The summed E-state index contributed by atoms with van der Waals surface area (Å²) in [6.07, 6.45) is 0. The maximum Gasteiger partial charge on any atom is 0.260 e. The van der Waals surface area contributed by atoms with Crippen molar-refractivity contribution in [1.29, 1.82) is 0 Å². The number of amides is 1.